The summed E-state index contributed by atoms with van der Waals surface area (Å²) in [6.45, 7) is 1.45. The van der Waals surface area contributed by atoms with Gasteiger partial charge in [0.05, 0.1) is 11.8 Å². The normalized spacial score (nSPS) is 10.2. The van der Waals surface area contributed by atoms with Crippen LogP contribution in [0.15, 0.2) is 27.5 Å². The number of hydrogen-bond donors (Lipinski definition) is 1. The minimum absolute atomic E-state index is 0. The van der Waals surface area contributed by atoms with Crippen LogP contribution in [0.2, 0.25) is 0 Å². The largest absolute Gasteiger partial charge is 0.472 e. The number of nitrogens with zero attached hydrogens (tertiary/aromatic N) is 3. The fourth-order valence-corrected chi connectivity index (χ4v) is 1.67. The van der Waals surface area contributed by atoms with Gasteiger partial charge in [0, 0.05) is 33.0 Å². The number of halogens is 1. The van der Waals surface area contributed by atoms with E-state index in [2.05, 4.69) is 15.5 Å². The smallest absolute Gasteiger partial charge is 0.227 e. The highest BCUT2D eigenvalue weighted by atomic mass is 35.5. The Labute approximate surface area is 129 Å². The summed E-state index contributed by atoms with van der Waals surface area (Å²) in [5.74, 6) is 0.990. The van der Waals surface area contributed by atoms with Crippen LogP contribution in [0.5, 0.6) is 0 Å². The number of aryl methyl sites for hydroxylation is 1. The maximum Gasteiger partial charge on any atom is 0.227 e. The Morgan fingerprint density at radius 2 is 2.29 bits per heavy atom. The monoisotopic (exact) mass is 314 g/mol. The number of amides is 1. The fourth-order valence-electron chi connectivity index (χ4n) is 1.67. The van der Waals surface area contributed by atoms with Crippen LogP contribution in [0.1, 0.15) is 12.3 Å². The van der Waals surface area contributed by atoms with Gasteiger partial charge in [0.25, 0.3) is 0 Å². The van der Waals surface area contributed by atoms with Gasteiger partial charge in [0.1, 0.15) is 6.26 Å². The lowest BCUT2D eigenvalue weighted by atomic mass is 10.2. The molecule has 21 heavy (non-hydrogen) atoms. The summed E-state index contributed by atoms with van der Waals surface area (Å²) in [5, 5.41) is 6.85. The molecule has 2 aromatic heterocycles. The van der Waals surface area contributed by atoms with Gasteiger partial charge < -0.3 is 19.2 Å². The number of furan rings is 1. The molecule has 8 heteroatoms. The molecule has 0 aliphatic carbocycles. The second-order valence-corrected chi connectivity index (χ2v) is 4.44. The highest BCUT2D eigenvalue weighted by molar-refractivity contribution is 5.85. The fraction of sp³-hybridized carbons (Fsp3) is 0.462. The molecular formula is C13H19ClN4O3. The summed E-state index contributed by atoms with van der Waals surface area (Å²) in [6, 6.07) is 1.76. The van der Waals surface area contributed by atoms with Crippen molar-refractivity contribution in [2.75, 3.05) is 27.2 Å². The van der Waals surface area contributed by atoms with E-state index >= 15 is 0 Å². The van der Waals surface area contributed by atoms with E-state index in [4.69, 9.17) is 8.94 Å². The van der Waals surface area contributed by atoms with Crippen molar-refractivity contribution in [3.63, 3.8) is 0 Å². The van der Waals surface area contributed by atoms with Gasteiger partial charge in [0.15, 0.2) is 0 Å². The minimum atomic E-state index is 0. The number of carbonyl (C=O) groups is 1. The van der Waals surface area contributed by atoms with Gasteiger partial charge >= 0.3 is 0 Å². The van der Waals surface area contributed by atoms with Crippen LogP contribution in [-0.4, -0.2) is 48.1 Å². The topological polar surface area (TPSA) is 84.4 Å². The van der Waals surface area contributed by atoms with Gasteiger partial charge in [-0.3, -0.25) is 4.79 Å². The molecule has 2 rings (SSSR count). The van der Waals surface area contributed by atoms with Crippen molar-refractivity contribution in [2.45, 2.75) is 12.8 Å². The van der Waals surface area contributed by atoms with E-state index in [1.54, 1.807) is 30.5 Å². The number of aromatic nitrogens is 2. The molecule has 0 spiro atoms. The van der Waals surface area contributed by atoms with Crippen LogP contribution in [0.25, 0.3) is 11.4 Å². The molecule has 0 saturated heterocycles. The van der Waals surface area contributed by atoms with Gasteiger partial charge in [-0.05, 0) is 13.1 Å². The minimum Gasteiger partial charge on any atom is -0.472 e. The van der Waals surface area contributed by atoms with E-state index in [1.807, 2.05) is 7.05 Å². The van der Waals surface area contributed by atoms with E-state index in [0.29, 0.717) is 31.1 Å². The van der Waals surface area contributed by atoms with E-state index in [0.717, 1.165) is 12.1 Å². The molecule has 1 amide bonds. The number of hydrogen-bond acceptors (Lipinski definition) is 6. The van der Waals surface area contributed by atoms with Crippen molar-refractivity contribution in [2.24, 2.45) is 0 Å². The number of nitrogens with one attached hydrogen (secondary N) is 1. The maximum atomic E-state index is 11.9. The Hall–Kier alpha value is -1.86. The summed E-state index contributed by atoms with van der Waals surface area (Å²) in [7, 11) is 3.64. The number of likely N-dealkylation sites (N-methyl/N-ethyl adjacent to an activating group) is 2. The molecule has 0 radical (unpaired) electrons. The highest BCUT2D eigenvalue weighted by Crippen LogP contribution is 2.16. The zero-order chi connectivity index (χ0) is 14.4. The molecular weight excluding hydrogens is 296 g/mol. The van der Waals surface area contributed by atoms with Crippen LogP contribution >= 0.6 is 12.4 Å². The average molecular weight is 315 g/mol. The van der Waals surface area contributed by atoms with Crippen molar-refractivity contribution in [1.29, 1.82) is 0 Å². The Morgan fingerprint density at radius 1 is 1.48 bits per heavy atom. The van der Waals surface area contributed by atoms with Gasteiger partial charge in [-0.25, -0.2) is 0 Å². The van der Waals surface area contributed by atoms with Crippen LogP contribution in [0.3, 0.4) is 0 Å². The van der Waals surface area contributed by atoms with E-state index in [9.17, 15) is 4.79 Å². The molecule has 2 aromatic rings. The van der Waals surface area contributed by atoms with Gasteiger partial charge in [0.2, 0.25) is 17.6 Å². The lowest BCUT2D eigenvalue weighted by Crippen LogP contribution is -2.32. The Balaban J connectivity index is 0.00000220. The van der Waals surface area contributed by atoms with Crippen LogP contribution in [0.4, 0.5) is 0 Å². The lowest BCUT2D eigenvalue weighted by molar-refractivity contribution is -0.129. The summed E-state index contributed by atoms with van der Waals surface area (Å²) >= 11 is 0. The third kappa shape index (κ3) is 4.87. The van der Waals surface area contributed by atoms with Crippen molar-refractivity contribution in [3.05, 3.63) is 24.5 Å². The maximum absolute atomic E-state index is 11.9. The molecule has 116 valence electrons. The third-order valence-electron chi connectivity index (χ3n) is 2.92. The van der Waals surface area contributed by atoms with Crippen molar-refractivity contribution in [1.82, 2.24) is 20.4 Å². The SMILES string of the molecule is CNCCN(C)C(=O)CCc1nc(-c2ccoc2)no1.Cl. The summed E-state index contributed by atoms with van der Waals surface area (Å²) in [4.78, 5) is 17.8. The first-order valence-corrected chi connectivity index (χ1v) is 6.44. The average Bonchev–Trinajstić information content (AvgIpc) is 3.12. The van der Waals surface area contributed by atoms with Crippen molar-refractivity contribution in [3.8, 4) is 11.4 Å². The molecule has 0 fully saturated rings. The molecule has 0 saturated carbocycles. The van der Waals surface area contributed by atoms with E-state index in [1.165, 1.54) is 0 Å². The molecule has 1 N–H and O–H groups in total. The van der Waals surface area contributed by atoms with Gasteiger partial charge in [-0.1, -0.05) is 5.16 Å². The Bertz CT molecular complexity index is 541. The molecule has 0 unspecified atom stereocenters. The quantitative estimate of drug-likeness (QED) is 0.830. The highest BCUT2D eigenvalue weighted by Gasteiger charge is 2.13. The molecule has 2 heterocycles. The number of rotatable bonds is 7. The lowest BCUT2D eigenvalue weighted by Gasteiger charge is -2.16. The molecule has 0 aromatic carbocycles. The second kappa shape index (κ2) is 8.43. The standard InChI is InChI=1S/C13H18N4O3.ClH/c1-14-6-7-17(2)12(18)4-3-11-15-13(16-20-11)10-5-8-19-9-10;/h5,8-9,14H,3-4,6-7H2,1-2H3;1H. The van der Waals surface area contributed by atoms with Crippen molar-refractivity contribution < 1.29 is 13.7 Å². The second-order valence-electron chi connectivity index (χ2n) is 4.44. The molecule has 0 atom stereocenters. The summed E-state index contributed by atoms with van der Waals surface area (Å²) in [5.41, 5.74) is 0.762. The predicted octanol–water partition coefficient (Wildman–Crippen LogP) is 1.36. The number of carbonyl (C=O) groups excluding carboxylic acids is 1. The molecule has 0 bridgehead atoms. The molecule has 0 aliphatic heterocycles. The zero-order valence-electron chi connectivity index (χ0n) is 12.0. The summed E-state index contributed by atoms with van der Waals surface area (Å²) < 4.78 is 10.1. The molecule has 7 nitrogen and oxygen atoms in total. The van der Waals surface area contributed by atoms with E-state index < -0.39 is 0 Å². The summed E-state index contributed by atoms with van der Waals surface area (Å²) in [6.07, 6.45) is 3.89. The first-order chi connectivity index (χ1) is 9.70. The predicted molar refractivity (Wildman–Crippen MR) is 79.1 cm³/mol. The zero-order valence-corrected chi connectivity index (χ0v) is 12.9. The molecule has 0 aliphatic rings. The third-order valence-corrected chi connectivity index (χ3v) is 2.92. The first-order valence-electron chi connectivity index (χ1n) is 6.44. The van der Waals surface area contributed by atoms with Gasteiger partial charge in [-0.2, -0.15) is 4.98 Å². The van der Waals surface area contributed by atoms with Gasteiger partial charge in [-0.15, -0.1) is 12.4 Å². The van der Waals surface area contributed by atoms with Crippen LogP contribution in [0, 0.1) is 0 Å². The van der Waals surface area contributed by atoms with Crippen LogP contribution < -0.4 is 5.32 Å². The first kappa shape index (κ1) is 17.2. The van der Waals surface area contributed by atoms with Crippen LogP contribution in [-0.2, 0) is 11.2 Å². The Kier molecular flexibility index (Phi) is 6.90. The van der Waals surface area contributed by atoms with E-state index in [-0.39, 0.29) is 18.3 Å². The van der Waals surface area contributed by atoms with Crippen molar-refractivity contribution >= 4 is 18.3 Å². The Morgan fingerprint density at radius 3 is 2.95 bits per heavy atom.